The second-order valence-electron chi connectivity index (χ2n) is 4.02. The van der Waals surface area contributed by atoms with Gasteiger partial charge in [-0.1, -0.05) is 0 Å². The maximum atomic E-state index is 5.66. The van der Waals surface area contributed by atoms with E-state index in [1.807, 2.05) is 0 Å². The monoisotopic (exact) mass is 191 g/mol. The third-order valence-electron chi connectivity index (χ3n) is 3.38. The molecule has 0 aromatic heterocycles. The molecule has 1 aromatic rings. The van der Waals surface area contributed by atoms with Crippen molar-refractivity contribution in [3.8, 4) is 5.75 Å². The molecule has 0 amide bonds. The Bertz CT molecular complexity index is 346. The summed E-state index contributed by atoms with van der Waals surface area (Å²) in [5.41, 5.74) is 6.76. The molecule has 1 aliphatic heterocycles. The van der Waals surface area contributed by atoms with Crippen molar-refractivity contribution in [1.29, 1.82) is 0 Å². The molecule has 14 heavy (non-hydrogen) atoms. The van der Waals surface area contributed by atoms with Crippen molar-refractivity contribution >= 4 is 0 Å². The third kappa shape index (κ3) is 1.22. The molecule has 2 nitrogen and oxygen atoms in total. The van der Waals surface area contributed by atoms with Crippen LogP contribution in [0.25, 0.3) is 0 Å². The van der Waals surface area contributed by atoms with Crippen LogP contribution in [0.2, 0.25) is 0 Å². The van der Waals surface area contributed by atoms with E-state index >= 15 is 0 Å². The van der Waals surface area contributed by atoms with Crippen LogP contribution in [-0.4, -0.2) is 6.73 Å². The molecule has 1 heterocycles. The molecule has 0 radical (unpaired) electrons. The largest absolute Gasteiger partial charge is 0.478 e. The summed E-state index contributed by atoms with van der Waals surface area (Å²) in [7, 11) is 0. The molecule has 0 saturated heterocycles. The SMILES string of the molecule is Cc1c(C)c(C)c2c(c1C)CNCO2. The van der Waals surface area contributed by atoms with E-state index in [1.54, 1.807) is 0 Å². The van der Waals surface area contributed by atoms with E-state index in [1.165, 1.54) is 27.8 Å². The minimum atomic E-state index is 0.635. The number of hydrogen-bond donors (Lipinski definition) is 1. The second kappa shape index (κ2) is 3.28. The van der Waals surface area contributed by atoms with E-state index in [0.717, 1.165) is 12.3 Å². The zero-order chi connectivity index (χ0) is 10.3. The number of nitrogens with one attached hydrogen (secondary N) is 1. The quantitative estimate of drug-likeness (QED) is 0.679. The Morgan fingerprint density at radius 1 is 0.929 bits per heavy atom. The van der Waals surface area contributed by atoms with Crippen LogP contribution < -0.4 is 10.1 Å². The third-order valence-corrected chi connectivity index (χ3v) is 3.38. The fraction of sp³-hybridized carbons (Fsp3) is 0.500. The van der Waals surface area contributed by atoms with Gasteiger partial charge in [0.25, 0.3) is 0 Å². The van der Waals surface area contributed by atoms with Crippen LogP contribution >= 0.6 is 0 Å². The van der Waals surface area contributed by atoms with Crippen LogP contribution in [0.3, 0.4) is 0 Å². The normalized spacial score (nSPS) is 14.9. The van der Waals surface area contributed by atoms with Crippen LogP contribution in [0.15, 0.2) is 0 Å². The summed E-state index contributed by atoms with van der Waals surface area (Å²) < 4.78 is 5.66. The average molecular weight is 191 g/mol. The summed E-state index contributed by atoms with van der Waals surface area (Å²) in [6.07, 6.45) is 0. The van der Waals surface area contributed by atoms with Crippen LogP contribution in [0.1, 0.15) is 27.8 Å². The van der Waals surface area contributed by atoms with Crippen molar-refractivity contribution in [2.45, 2.75) is 34.2 Å². The van der Waals surface area contributed by atoms with Crippen molar-refractivity contribution in [2.24, 2.45) is 0 Å². The number of benzene rings is 1. The molecular weight excluding hydrogens is 174 g/mol. The molecule has 1 N–H and O–H groups in total. The summed E-state index contributed by atoms with van der Waals surface area (Å²) >= 11 is 0. The zero-order valence-electron chi connectivity index (χ0n) is 9.32. The summed E-state index contributed by atoms with van der Waals surface area (Å²) in [4.78, 5) is 0. The van der Waals surface area contributed by atoms with Crippen LogP contribution in [0.4, 0.5) is 0 Å². The van der Waals surface area contributed by atoms with Gasteiger partial charge in [-0.3, -0.25) is 5.32 Å². The van der Waals surface area contributed by atoms with Crippen LogP contribution in [0.5, 0.6) is 5.75 Å². The first-order chi connectivity index (χ1) is 6.63. The van der Waals surface area contributed by atoms with Gasteiger partial charge in [0.15, 0.2) is 0 Å². The first-order valence-corrected chi connectivity index (χ1v) is 5.05. The first kappa shape index (κ1) is 9.53. The molecule has 0 unspecified atom stereocenters. The maximum absolute atomic E-state index is 5.66. The minimum Gasteiger partial charge on any atom is -0.478 e. The van der Waals surface area contributed by atoms with E-state index < -0.39 is 0 Å². The highest BCUT2D eigenvalue weighted by Crippen LogP contribution is 2.33. The Morgan fingerprint density at radius 3 is 2.29 bits per heavy atom. The van der Waals surface area contributed by atoms with E-state index in [9.17, 15) is 0 Å². The number of rotatable bonds is 0. The Labute approximate surface area is 85.3 Å². The highest BCUT2D eigenvalue weighted by Gasteiger charge is 2.18. The number of hydrogen-bond acceptors (Lipinski definition) is 2. The Hall–Kier alpha value is -1.02. The van der Waals surface area contributed by atoms with E-state index in [2.05, 4.69) is 33.0 Å². The molecule has 0 spiro atoms. The molecule has 0 fully saturated rings. The second-order valence-corrected chi connectivity index (χ2v) is 4.02. The van der Waals surface area contributed by atoms with Gasteiger partial charge in [-0.25, -0.2) is 0 Å². The summed E-state index contributed by atoms with van der Waals surface area (Å²) in [6.45, 7) is 10.2. The van der Waals surface area contributed by atoms with Crippen molar-refractivity contribution in [1.82, 2.24) is 5.32 Å². The fourth-order valence-corrected chi connectivity index (χ4v) is 2.06. The number of ether oxygens (including phenoxy) is 1. The lowest BCUT2D eigenvalue weighted by Crippen LogP contribution is -2.27. The minimum absolute atomic E-state index is 0.635. The van der Waals surface area contributed by atoms with E-state index in [0.29, 0.717) is 6.73 Å². The maximum Gasteiger partial charge on any atom is 0.139 e. The van der Waals surface area contributed by atoms with Gasteiger partial charge >= 0.3 is 0 Å². The fourth-order valence-electron chi connectivity index (χ4n) is 2.06. The summed E-state index contributed by atoms with van der Waals surface area (Å²) in [5, 5.41) is 3.23. The predicted octanol–water partition coefficient (Wildman–Crippen LogP) is 2.36. The topological polar surface area (TPSA) is 21.3 Å². The molecular formula is C12H17NO. The van der Waals surface area contributed by atoms with Gasteiger partial charge in [0, 0.05) is 12.1 Å². The average Bonchev–Trinajstić information content (AvgIpc) is 2.23. The lowest BCUT2D eigenvalue weighted by Gasteiger charge is -2.25. The molecule has 76 valence electrons. The lowest BCUT2D eigenvalue weighted by molar-refractivity contribution is 0.254. The highest BCUT2D eigenvalue weighted by atomic mass is 16.5. The molecule has 2 heteroatoms. The highest BCUT2D eigenvalue weighted by molar-refractivity contribution is 5.54. The Kier molecular flexibility index (Phi) is 2.23. The zero-order valence-corrected chi connectivity index (χ0v) is 9.32. The van der Waals surface area contributed by atoms with Gasteiger partial charge < -0.3 is 4.74 Å². The predicted molar refractivity (Wildman–Crippen MR) is 57.7 cm³/mol. The van der Waals surface area contributed by atoms with Gasteiger partial charge in [-0.05, 0) is 49.9 Å². The van der Waals surface area contributed by atoms with Gasteiger partial charge in [0.1, 0.15) is 12.5 Å². The van der Waals surface area contributed by atoms with Crippen molar-refractivity contribution in [2.75, 3.05) is 6.73 Å². The summed E-state index contributed by atoms with van der Waals surface area (Å²) in [6, 6.07) is 0. The molecule has 0 atom stereocenters. The van der Waals surface area contributed by atoms with Crippen molar-refractivity contribution in [3.05, 3.63) is 27.8 Å². The Morgan fingerprint density at radius 2 is 1.57 bits per heavy atom. The van der Waals surface area contributed by atoms with Crippen molar-refractivity contribution in [3.63, 3.8) is 0 Å². The first-order valence-electron chi connectivity index (χ1n) is 5.05. The van der Waals surface area contributed by atoms with Gasteiger partial charge in [-0.15, -0.1) is 0 Å². The summed E-state index contributed by atoms with van der Waals surface area (Å²) in [5.74, 6) is 1.10. The molecule has 0 bridgehead atoms. The van der Waals surface area contributed by atoms with Crippen LogP contribution in [-0.2, 0) is 6.54 Å². The molecule has 1 aromatic carbocycles. The molecule has 1 aliphatic rings. The molecule has 2 rings (SSSR count). The standard InChI is InChI=1S/C12H17NO/c1-7-8(2)10(4)12-11(9(7)3)5-13-6-14-12/h13H,5-6H2,1-4H3. The smallest absolute Gasteiger partial charge is 0.139 e. The van der Waals surface area contributed by atoms with Crippen molar-refractivity contribution < 1.29 is 4.74 Å². The lowest BCUT2D eigenvalue weighted by atomic mass is 9.93. The van der Waals surface area contributed by atoms with Gasteiger partial charge in [0.05, 0.1) is 0 Å². The Balaban J connectivity index is 2.71. The molecule has 0 saturated carbocycles. The molecule has 0 aliphatic carbocycles. The van der Waals surface area contributed by atoms with E-state index in [-0.39, 0.29) is 0 Å². The van der Waals surface area contributed by atoms with Crippen LogP contribution in [0, 0.1) is 27.7 Å². The number of fused-ring (bicyclic) bond motifs is 1. The van der Waals surface area contributed by atoms with Gasteiger partial charge in [0.2, 0.25) is 0 Å². The van der Waals surface area contributed by atoms with E-state index in [4.69, 9.17) is 4.74 Å². The van der Waals surface area contributed by atoms with Gasteiger partial charge in [-0.2, -0.15) is 0 Å².